The van der Waals surface area contributed by atoms with Gasteiger partial charge in [0, 0.05) is 37.4 Å². The normalized spacial score (nSPS) is 28.2. The summed E-state index contributed by atoms with van der Waals surface area (Å²) in [5.74, 6) is 1.33. The predicted molar refractivity (Wildman–Crippen MR) is 84.6 cm³/mol. The summed E-state index contributed by atoms with van der Waals surface area (Å²) in [6.45, 7) is 5.68. The van der Waals surface area contributed by atoms with Gasteiger partial charge >= 0.3 is 0 Å². The van der Waals surface area contributed by atoms with Crippen molar-refractivity contribution in [1.29, 1.82) is 0 Å². The third-order valence-electron chi connectivity index (χ3n) is 5.08. The van der Waals surface area contributed by atoms with Gasteiger partial charge in [0.25, 0.3) is 0 Å². The number of nitrogens with one attached hydrogen (secondary N) is 1. The lowest BCUT2D eigenvalue weighted by molar-refractivity contribution is -0.128. The quantitative estimate of drug-likeness (QED) is 0.928. The number of rotatable bonds is 4. The van der Waals surface area contributed by atoms with E-state index in [1.54, 1.807) is 0 Å². The smallest absolute Gasteiger partial charge is 0.223 e. The van der Waals surface area contributed by atoms with Crippen LogP contribution in [0.15, 0.2) is 6.20 Å². The van der Waals surface area contributed by atoms with Crippen LogP contribution in [-0.4, -0.2) is 34.2 Å². The Labute approximate surface area is 132 Å². The first kappa shape index (κ1) is 15.5. The zero-order chi connectivity index (χ0) is 15.5. The van der Waals surface area contributed by atoms with Crippen LogP contribution >= 0.6 is 0 Å². The molecule has 0 saturated heterocycles. The Kier molecular flexibility index (Phi) is 4.81. The van der Waals surface area contributed by atoms with Crippen molar-refractivity contribution in [1.82, 2.24) is 14.9 Å². The van der Waals surface area contributed by atoms with Crippen molar-refractivity contribution in [2.45, 2.75) is 71.1 Å². The molecule has 1 aliphatic heterocycles. The van der Waals surface area contributed by atoms with E-state index >= 15 is 0 Å². The number of hydrogen-bond acceptors (Lipinski definition) is 3. The van der Waals surface area contributed by atoms with E-state index in [1.165, 1.54) is 18.5 Å². The average molecular weight is 305 g/mol. The Bertz CT molecular complexity index is 524. The second-order valence-electron chi connectivity index (χ2n) is 6.53. The fourth-order valence-electron chi connectivity index (χ4n) is 3.82. The van der Waals surface area contributed by atoms with Crippen molar-refractivity contribution in [3.05, 3.63) is 17.7 Å². The van der Waals surface area contributed by atoms with Gasteiger partial charge in [-0.25, -0.2) is 4.98 Å². The number of fused-ring (bicyclic) bond motifs is 1. The largest absolute Gasteiger partial charge is 0.376 e. The van der Waals surface area contributed by atoms with Crippen LogP contribution in [0.3, 0.4) is 0 Å². The number of aryl methyl sites for hydroxylation is 1. The molecule has 5 heteroatoms. The molecule has 122 valence electrons. The molecule has 5 nitrogen and oxygen atoms in total. The summed E-state index contributed by atoms with van der Waals surface area (Å²) in [7, 11) is 0. The molecule has 0 radical (unpaired) electrons. The van der Waals surface area contributed by atoms with E-state index < -0.39 is 0 Å². The Morgan fingerprint density at radius 1 is 1.41 bits per heavy atom. The van der Waals surface area contributed by atoms with Gasteiger partial charge in [0.1, 0.15) is 5.82 Å². The molecule has 1 fully saturated rings. The fourth-order valence-corrected chi connectivity index (χ4v) is 3.82. The predicted octanol–water partition coefficient (Wildman–Crippen LogP) is 2.22. The van der Waals surface area contributed by atoms with Gasteiger partial charge in [0.2, 0.25) is 5.91 Å². The lowest BCUT2D eigenvalue weighted by Gasteiger charge is -2.33. The second kappa shape index (κ2) is 6.82. The number of ether oxygens (including phenoxy) is 1. The molecule has 1 amide bonds. The molecule has 1 aromatic heterocycles. The van der Waals surface area contributed by atoms with Gasteiger partial charge in [-0.1, -0.05) is 12.8 Å². The zero-order valence-corrected chi connectivity index (χ0v) is 13.7. The first-order valence-electron chi connectivity index (χ1n) is 8.62. The first-order valence-corrected chi connectivity index (χ1v) is 8.62. The van der Waals surface area contributed by atoms with Gasteiger partial charge < -0.3 is 14.6 Å². The maximum atomic E-state index is 12.6. The van der Waals surface area contributed by atoms with Crippen LogP contribution < -0.4 is 5.32 Å². The summed E-state index contributed by atoms with van der Waals surface area (Å²) in [5, 5.41) is 3.27. The van der Waals surface area contributed by atoms with E-state index in [4.69, 9.17) is 4.74 Å². The fraction of sp³-hybridized carbons (Fsp3) is 0.765. The standard InChI is InChI=1S/C17H27N3O2/c1-3-22-16-7-5-4-6-15(16)19-17(21)13-8-9-20-12(2)18-11-14(20)10-13/h11,13,15-16H,3-10H2,1-2H3,(H,19,21)/t13?,15-,16-/m1/s1. The van der Waals surface area contributed by atoms with E-state index in [9.17, 15) is 4.79 Å². The highest BCUT2D eigenvalue weighted by Gasteiger charge is 2.31. The van der Waals surface area contributed by atoms with Crippen molar-refractivity contribution in [3.8, 4) is 0 Å². The van der Waals surface area contributed by atoms with E-state index in [1.807, 2.05) is 20.0 Å². The molecule has 3 rings (SSSR count). The molecule has 0 spiro atoms. The highest BCUT2D eigenvalue weighted by atomic mass is 16.5. The molecule has 1 unspecified atom stereocenters. The number of hydrogen-bond donors (Lipinski definition) is 1. The van der Waals surface area contributed by atoms with E-state index in [2.05, 4.69) is 14.9 Å². The van der Waals surface area contributed by atoms with Crippen molar-refractivity contribution < 1.29 is 9.53 Å². The third-order valence-corrected chi connectivity index (χ3v) is 5.08. The van der Waals surface area contributed by atoms with Crippen LogP contribution in [0, 0.1) is 12.8 Å². The van der Waals surface area contributed by atoms with E-state index in [-0.39, 0.29) is 24.0 Å². The summed E-state index contributed by atoms with van der Waals surface area (Å²) in [6.07, 6.45) is 8.32. The van der Waals surface area contributed by atoms with Crippen molar-refractivity contribution >= 4 is 5.91 Å². The molecule has 1 aliphatic carbocycles. The SMILES string of the molecule is CCO[C@@H]1CCCC[C@H]1NC(=O)C1CCn2c(cnc2C)C1. The first-order chi connectivity index (χ1) is 10.7. The average Bonchev–Trinajstić information content (AvgIpc) is 2.90. The van der Waals surface area contributed by atoms with Crippen LogP contribution in [0.1, 0.15) is 50.5 Å². The van der Waals surface area contributed by atoms with Gasteiger partial charge in [-0.2, -0.15) is 0 Å². The van der Waals surface area contributed by atoms with Crippen LogP contribution in [0.2, 0.25) is 0 Å². The molecular formula is C17H27N3O2. The summed E-state index contributed by atoms with van der Waals surface area (Å²) in [5.41, 5.74) is 1.19. The summed E-state index contributed by atoms with van der Waals surface area (Å²) in [4.78, 5) is 17.0. The molecule has 1 N–H and O–H groups in total. The number of aromatic nitrogens is 2. The van der Waals surface area contributed by atoms with Gasteiger partial charge in [-0.3, -0.25) is 4.79 Å². The maximum Gasteiger partial charge on any atom is 0.223 e. The molecule has 1 saturated carbocycles. The van der Waals surface area contributed by atoms with E-state index in [0.29, 0.717) is 0 Å². The summed E-state index contributed by atoms with van der Waals surface area (Å²) >= 11 is 0. The van der Waals surface area contributed by atoms with E-state index in [0.717, 1.165) is 44.7 Å². The van der Waals surface area contributed by atoms with Crippen molar-refractivity contribution in [2.75, 3.05) is 6.61 Å². The molecule has 3 atom stereocenters. The number of carbonyl (C=O) groups is 1. The summed E-state index contributed by atoms with van der Waals surface area (Å²) < 4.78 is 8.04. The number of carbonyl (C=O) groups excluding carboxylic acids is 1. The van der Waals surface area contributed by atoms with Gasteiger partial charge in [0.15, 0.2) is 0 Å². The van der Waals surface area contributed by atoms with Crippen LogP contribution in [-0.2, 0) is 22.5 Å². The topological polar surface area (TPSA) is 56.1 Å². The molecule has 2 aliphatic rings. The highest BCUT2D eigenvalue weighted by Crippen LogP contribution is 2.25. The number of nitrogens with zero attached hydrogens (tertiary/aromatic N) is 2. The third kappa shape index (κ3) is 3.19. The van der Waals surface area contributed by atoms with Crippen molar-refractivity contribution in [2.24, 2.45) is 5.92 Å². The van der Waals surface area contributed by atoms with Gasteiger partial charge in [-0.05, 0) is 33.1 Å². The minimum Gasteiger partial charge on any atom is -0.376 e. The second-order valence-corrected chi connectivity index (χ2v) is 6.53. The molecule has 0 aromatic carbocycles. The highest BCUT2D eigenvalue weighted by molar-refractivity contribution is 5.79. The zero-order valence-electron chi connectivity index (χ0n) is 13.7. The minimum absolute atomic E-state index is 0.0767. The minimum atomic E-state index is 0.0767. The lowest BCUT2D eigenvalue weighted by Crippen LogP contribution is -2.49. The monoisotopic (exact) mass is 305 g/mol. The summed E-state index contributed by atoms with van der Waals surface area (Å²) in [6, 6.07) is 0.190. The van der Waals surface area contributed by atoms with Gasteiger partial charge in [-0.15, -0.1) is 0 Å². The Morgan fingerprint density at radius 3 is 3.05 bits per heavy atom. The Morgan fingerprint density at radius 2 is 2.23 bits per heavy atom. The van der Waals surface area contributed by atoms with Crippen LogP contribution in [0.4, 0.5) is 0 Å². The molecule has 0 bridgehead atoms. The molecule has 22 heavy (non-hydrogen) atoms. The van der Waals surface area contributed by atoms with Gasteiger partial charge in [0.05, 0.1) is 12.1 Å². The van der Waals surface area contributed by atoms with Crippen LogP contribution in [0.5, 0.6) is 0 Å². The Hall–Kier alpha value is -1.36. The Balaban J connectivity index is 1.60. The van der Waals surface area contributed by atoms with Crippen LogP contribution in [0.25, 0.3) is 0 Å². The maximum absolute atomic E-state index is 12.6. The number of imidazole rings is 1. The number of amides is 1. The van der Waals surface area contributed by atoms with Crippen molar-refractivity contribution in [3.63, 3.8) is 0 Å². The lowest BCUT2D eigenvalue weighted by atomic mass is 9.90. The molecule has 2 heterocycles. The molecule has 1 aromatic rings. The molecular weight excluding hydrogens is 278 g/mol.